The second-order valence-corrected chi connectivity index (χ2v) is 2.73. The normalized spacial score (nSPS) is 10.2. The van der Waals surface area contributed by atoms with E-state index in [1.807, 2.05) is 0 Å². The summed E-state index contributed by atoms with van der Waals surface area (Å²) in [6.45, 7) is 0.860. The SMILES string of the molecule is Cc1cc(Cl)c(CF)cc1F. The van der Waals surface area contributed by atoms with Gasteiger partial charge in [0.1, 0.15) is 12.5 Å². The Labute approximate surface area is 68.8 Å². The average molecular weight is 177 g/mol. The van der Waals surface area contributed by atoms with Crippen molar-refractivity contribution in [3.8, 4) is 0 Å². The van der Waals surface area contributed by atoms with E-state index in [0.717, 1.165) is 6.07 Å². The minimum atomic E-state index is -0.726. The Hall–Kier alpha value is -0.630. The van der Waals surface area contributed by atoms with Crippen molar-refractivity contribution in [1.29, 1.82) is 0 Å². The number of alkyl halides is 1. The van der Waals surface area contributed by atoms with Gasteiger partial charge in [0.05, 0.1) is 0 Å². The minimum absolute atomic E-state index is 0.203. The highest BCUT2D eigenvalue weighted by atomic mass is 35.5. The van der Waals surface area contributed by atoms with Gasteiger partial charge in [-0.25, -0.2) is 8.78 Å². The zero-order valence-corrected chi connectivity index (χ0v) is 6.75. The molecule has 1 aromatic carbocycles. The van der Waals surface area contributed by atoms with Gasteiger partial charge in [0.15, 0.2) is 0 Å². The van der Waals surface area contributed by atoms with Crippen molar-refractivity contribution in [1.82, 2.24) is 0 Å². The van der Waals surface area contributed by atoms with E-state index in [1.54, 1.807) is 6.92 Å². The van der Waals surface area contributed by atoms with Crippen LogP contribution < -0.4 is 0 Å². The molecule has 0 nitrogen and oxygen atoms in total. The first-order valence-electron chi connectivity index (χ1n) is 3.15. The molecule has 0 unspecified atom stereocenters. The molecule has 0 aliphatic heterocycles. The fraction of sp³-hybridized carbons (Fsp3) is 0.250. The Morgan fingerprint density at radius 1 is 1.45 bits per heavy atom. The number of halogens is 3. The molecule has 1 aromatic rings. The van der Waals surface area contributed by atoms with Crippen LogP contribution in [0.5, 0.6) is 0 Å². The van der Waals surface area contributed by atoms with Crippen LogP contribution in [0.2, 0.25) is 5.02 Å². The lowest BCUT2D eigenvalue weighted by atomic mass is 10.1. The highest BCUT2D eigenvalue weighted by Crippen LogP contribution is 2.20. The summed E-state index contributed by atoms with van der Waals surface area (Å²) >= 11 is 5.59. The van der Waals surface area contributed by atoms with Crippen molar-refractivity contribution in [3.05, 3.63) is 34.1 Å². The fourth-order valence-electron chi connectivity index (χ4n) is 0.790. The molecular formula is C8H7ClF2. The molecule has 0 aliphatic carbocycles. The third-order valence-corrected chi connectivity index (χ3v) is 1.82. The molecule has 0 fully saturated rings. The van der Waals surface area contributed by atoms with Crippen molar-refractivity contribution in [3.63, 3.8) is 0 Å². The van der Waals surface area contributed by atoms with Crippen LogP contribution in [0.25, 0.3) is 0 Å². The van der Waals surface area contributed by atoms with Crippen LogP contribution in [0.1, 0.15) is 11.1 Å². The van der Waals surface area contributed by atoms with Gasteiger partial charge in [-0.1, -0.05) is 11.6 Å². The molecule has 0 amide bonds. The molecular weight excluding hydrogens is 170 g/mol. The van der Waals surface area contributed by atoms with Crippen molar-refractivity contribution in [2.75, 3.05) is 0 Å². The molecule has 0 saturated carbocycles. The molecule has 0 spiro atoms. The molecule has 0 radical (unpaired) electrons. The van der Waals surface area contributed by atoms with Crippen molar-refractivity contribution in [2.45, 2.75) is 13.6 Å². The third kappa shape index (κ3) is 1.69. The summed E-state index contributed by atoms with van der Waals surface area (Å²) in [5, 5.41) is 0.284. The second-order valence-electron chi connectivity index (χ2n) is 2.33. The van der Waals surface area contributed by atoms with Gasteiger partial charge in [0, 0.05) is 10.6 Å². The number of hydrogen-bond acceptors (Lipinski definition) is 0. The van der Waals surface area contributed by atoms with Gasteiger partial charge in [0.2, 0.25) is 0 Å². The van der Waals surface area contributed by atoms with Crippen molar-refractivity contribution >= 4 is 11.6 Å². The molecule has 1 rings (SSSR count). The maximum absolute atomic E-state index is 12.7. The predicted octanol–water partition coefficient (Wildman–Crippen LogP) is 3.26. The lowest BCUT2D eigenvalue weighted by molar-refractivity contribution is 0.482. The maximum Gasteiger partial charge on any atom is 0.126 e. The van der Waals surface area contributed by atoms with Gasteiger partial charge in [0.25, 0.3) is 0 Å². The Morgan fingerprint density at radius 2 is 2.09 bits per heavy atom. The standard InChI is InChI=1S/C8H7ClF2/c1-5-2-7(9)6(4-10)3-8(5)11/h2-3H,4H2,1H3. The van der Waals surface area contributed by atoms with E-state index in [2.05, 4.69) is 0 Å². The van der Waals surface area contributed by atoms with E-state index in [4.69, 9.17) is 11.6 Å². The number of hydrogen-bond donors (Lipinski definition) is 0. The van der Waals surface area contributed by atoms with E-state index in [-0.39, 0.29) is 10.6 Å². The van der Waals surface area contributed by atoms with Crippen molar-refractivity contribution in [2.24, 2.45) is 0 Å². The number of aryl methyl sites for hydroxylation is 1. The van der Waals surface area contributed by atoms with E-state index in [0.29, 0.717) is 5.56 Å². The third-order valence-electron chi connectivity index (χ3n) is 1.47. The summed E-state index contributed by atoms with van der Waals surface area (Å²) in [6.07, 6.45) is 0. The molecule has 0 heterocycles. The molecule has 3 heteroatoms. The monoisotopic (exact) mass is 176 g/mol. The summed E-state index contributed by atoms with van der Waals surface area (Å²) in [4.78, 5) is 0. The summed E-state index contributed by atoms with van der Waals surface area (Å²) in [5.74, 6) is -0.415. The Morgan fingerprint density at radius 3 is 2.64 bits per heavy atom. The number of benzene rings is 1. The minimum Gasteiger partial charge on any atom is -0.246 e. The zero-order chi connectivity index (χ0) is 8.43. The predicted molar refractivity (Wildman–Crippen MR) is 41.0 cm³/mol. The molecule has 0 aromatic heterocycles. The van der Waals surface area contributed by atoms with Crippen LogP contribution in [-0.2, 0) is 6.67 Å². The molecule has 0 aliphatic rings. The van der Waals surface area contributed by atoms with E-state index in [1.165, 1.54) is 6.07 Å². The second kappa shape index (κ2) is 3.18. The summed E-state index contributed by atoms with van der Waals surface area (Å²) < 4.78 is 24.8. The molecule has 0 N–H and O–H groups in total. The summed E-state index contributed by atoms with van der Waals surface area (Å²) in [7, 11) is 0. The van der Waals surface area contributed by atoms with Crippen LogP contribution >= 0.6 is 11.6 Å². The lowest BCUT2D eigenvalue weighted by Gasteiger charge is -2.01. The van der Waals surface area contributed by atoms with Gasteiger partial charge in [-0.2, -0.15) is 0 Å². The molecule has 0 saturated heterocycles. The Bertz CT molecular complexity index is 271. The summed E-state index contributed by atoms with van der Waals surface area (Å²) in [6, 6.07) is 2.55. The van der Waals surface area contributed by atoms with Gasteiger partial charge < -0.3 is 0 Å². The average Bonchev–Trinajstić information content (AvgIpc) is 1.97. The van der Waals surface area contributed by atoms with E-state index >= 15 is 0 Å². The smallest absolute Gasteiger partial charge is 0.126 e. The highest BCUT2D eigenvalue weighted by molar-refractivity contribution is 6.31. The molecule has 0 atom stereocenters. The first-order chi connectivity index (χ1) is 5.15. The Kier molecular flexibility index (Phi) is 2.45. The quantitative estimate of drug-likeness (QED) is 0.616. The van der Waals surface area contributed by atoms with Crippen molar-refractivity contribution < 1.29 is 8.78 Å². The number of rotatable bonds is 1. The van der Waals surface area contributed by atoms with Gasteiger partial charge in [-0.3, -0.25) is 0 Å². The highest BCUT2D eigenvalue weighted by Gasteiger charge is 2.04. The van der Waals surface area contributed by atoms with Crippen LogP contribution in [0.3, 0.4) is 0 Å². The first-order valence-corrected chi connectivity index (χ1v) is 3.53. The van der Waals surface area contributed by atoms with E-state index in [9.17, 15) is 8.78 Å². The maximum atomic E-state index is 12.7. The first kappa shape index (κ1) is 8.47. The van der Waals surface area contributed by atoms with Gasteiger partial charge >= 0.3 is 0 Å². The van der Waals surface area contributed by atoms with Crippen LogP contribution in [0, 0.1) is 12.7 Å². The lowest BCUT2D eigenvalue weighted by Crippen LogP contribution is -1.87. The molecule has 11 heavy (non-hydrogen) atoms. The summed E-state index contributed by atoms with van der Waals surface area (Å²) in [5.41, 5.74) is 0.641. The molecule has 60 valence electrons. The zero-order valence-electron chi connectivity index (χ0n) is 6.00. The largest absolute Gasteiger partial charge is 0.246 e. The van der Waals surface area contributed by atoms with Crippen LogP contribution in [0.15, 0.2) is 12.1 Å². The van der Waals surface area contributed by atoms with Crippen LogP contribution in [0.4, 0.5) is 8.78 Å². The fourth-order valence-corrected chi connectivity index (χ4v) is 1.06. The van der Waals surface area contributed by atoms with Gasteiger partial charge in [-0.05, 0) is 24.6 Å². The Balaban J connectivity index is 3.21. The van der Waals surface area contributed by atoms with Crippen LogP contribution in [-0.4, -0.2) is 0 Å². The topological polar surface area (TPSA) is 0 Å². The molecule has 0 bridgehead atoms. The van der Waals surface area contributed by atoms with Gasteiger partial charge in [-0.15, -0.1) is 0 Å². The van der Waals surface area contributed by atoms with E-state index < -0.39 is 12.5 Å².